The van der Waals surface area contributed by atoms with Gasteiger partial charge >= 0.3 is 0 Å². The van der Waals surface area contributed by atoms with Crippen molar-refractivity contribution in [3.63, 3.8) is 0 Å². The number of nitrogens with zero attached hydrogens (tertiary/aromatic N) is 2. The summed E-state index contributed by atoms with van der Waals surface area (Å²) in [5.74, 6) is 0. The molecule has 2 rings (SSSR count). The van der Waals surface area contributed by atoms with E-state index in [2.05, 4.69) is 15.9 Å². The number of β-amino-alcohol motifs (C(OH)–C–C–N with tert-alkyl or cyclic N) is 2. The van der Waals surface area contributed by atoms with Gasteiger partial charge in [-0.15, -0.1) is 0 Å². The lowest BCUT2D eigenvalue weighted by Gasteiger charge is -2.18. The number of hydrogen-bond acceptors (Lipinski definition) is 5. The third kappa shape index (κ3) is 2.41. The van der Waals surface area contributed by atoms with Gasteiger partial charge in [0.05, 0.1) is 22.8 Å². The maximum Gasteiger partial charge on any atom is 0.270 e. The second kappa shape index (κ2) is 4.59. The van der Waals surface area contributed by atoms with E-state index in [1.807, 2.05) is 0 Å². The van der Waals surface area contributed by atoms with Crippen molar-refractivity contribution in [2.75, 3.05) is 18.0 Å². The van der Waals surface area contributed by atoms with E-state index < -0.39 is 17.1 Å². The highest BCUT2D eigenvalue weighted by Gasteiger charge is 2.30. The monoisotopic (exact) mass is 302 g/mol. The molecule has 1 fully saturated rings. The minimum Gasteiger partial charge on any atom is -0.389 e. The second-order valence-corrected chi connectivity index (χ2v) is 4.79. The lowest BCUT2D eigenvalue weighted by atomic mass is 10.2. The summed E-state index contributed by atoms with van der Waals surface area (Å²) < 4.78 is 0.577. The first-order valence-electron chi connectivity index (χ1n) is 5.04. The van der Waals surface area contributed by atoms with Gasteiger partial charge in [-0.05, 0) is 22.0 Å². The topological polar surface area (TPSA) is 86.8 Å². The maximum absolute atomic E-state index is 10.6. The van der Waals surface area contributed by atoms with Crippen LogP contribution < -0.4 is 4.90 Å². The van der Waals surface area contributed by atoms with Crippen molar-refractivity contribution >= 4 is 27.3 Å². The molecule has 0 amide bonds. The molecule has 1 aromatic carbocycles. The number of aliphatic hydroxyl groups excluding tert-OH is 2. The molecule has 2 atom stereocenters. The Morgan fingerprint density at radius 1 is 1.35 bits per heavy atom. The average Bonchev–Trinajstić information content (AvgIpc) is 2.58. The molecule has 0 aliphatic carbocycles. The summed E-state index contributed by atoms with van der Waals surface area (Å²) >= 11 is 3.26. The molecule has 1 aliphatic rings. The summed E-state index contributed by atoms with van der Waals surface area (Å²) in [6, 6.07) is 4.41. The van der Waals surface area contributed by atoms with Crippen molar-refractivity contribution in [1.29, 1.82) is 0 Å². The van der Waals surface area contributed by atoms with Gasteiger partial charge < -0.3 is 15.1 Å². The molecule has 1 aromatic rings. The Morgan fingerprint density at radius 3 is 2.41 bits per heavy atom. The first-order valence-corrected chi connectivity index (χ1v) is 5.83. The molecule has 0 radical (unpaired) electrons. The van der Waals surface area contributed by atoms with Crippen molar-refractivity contribution in [2.24, 2.45) is 0 Å². The van der Waals surface area contributed by atoms with Gasteiger partial charge in [0.15, 0.2) is 0 Å². The fourth-order valence-electron chi connectivity index (χ4n) is 1.83. The van der Waals surface area contributed by atoms with Crippen LogP contribution in [0.3, 0.4) is 0 Å². The quantitative estimate of drug-likeness (QED) is 0.626. The summed E-state index contributed by atoms with van der Waals surface area (Å²) in [6.45, 7) is 0.634. The van der Waals surface area contributed by atoms with E-state index in [4.69, 9.17) is 0 Å². The van der Waals surface area contributed by atoms with Gasteiger partial charge in [-0.3, -0.25) is 10.1 Å². The number of halogens is 1. The summed E-state index contributed by atoms with van der Waals surface area (Å²) in [6.07, 6.45) is -1.56. The zero-order valence-electron chi connectivity index (χ0n) is 8.78. The molecule has 0 bridgehead atoms. The van der Waals surface area contributed by atoms with Gasteiger partial charge in [-0.25, -0.2) is 0 Å². The van der Waals surface area contributed by atoms with Crippen LogP contribution in [-0.4, -0.2) is 40.4 Å². The average molecular weight is 303 g/mol. The van der Waals surface area contributed by atoms with Crippen molar-refractivity contribution in [3.8, 4) is 0 Å². The molecule has 2 N–H and O–H groups in total. The minimum absolute atomic E-state index is 0.000851. The lowest BCUT2D eigenvalue weighted by molar-refractivity contribution is -0.384. The van der Waals surface area contributed by atoms with Crippen LogP contribution in [0, 0.1) is 10.1 Å². The first kappa shape index (κ1) is 12.3. The predicted molar refractivity (Wildman–Crippen MR) is 65.0 cm³/mol. The summed E-state index contributed by atoms with van der Waals surface area (Å²) in [5.41, 5.74) is 0.729. The highest BCUT2D eigenvalue weighted by molar-refractivity contribution is 9.10. The van der Waals surface area contributed by atoms with Crippen molar-refractivity contribution < 1.29 is 15.1 Å². The maximum atomic E-state index is 10.6. The Bertz CT molecular complexity index is 444. The fraction of sp³-hybridized carbons (Fsp3) is 0.400. The number of non-ortho nitro benzene ring substituents is 1. The number of hydrogen-bond donors (Lipinski definition) is 2. The van der Waals surface area contributed by atoms with E-state index in [9.17, 15) is 20.3 Å². The Kier molecular flexibility index (Phi) is 3.32. The van der Waals surface area contributed by atoms with Crippen LogP contribution in [0.1, 0.15) is 0 Å². The van der Waals surface area contributed by atoms with Crippen molar-refractivity contribution in [1.82, 2.24) is 0 Å². The molecule has 0 aromatic heterocycles. The third-order valence-electron chi connectivity index (χ3n) is 2.74. The fourth-order valence-corrected chi connectivity index (χ4v) is 2.45. The van der Waals surface area contributed by atoms with E-state index in [-0.39, 0.29) is 5.69 Å². The molecule has 0 spiro atoms. The van der Waals surface area contributed by atoms with Crippen LogP contribution in [0.2, 0.25) is 0 Å². The van der Waals surface area contributed by atoms with Crippen molar-refractivity contribution in [3.05, 3.63) is 32.8 Å². The molecule has 7 heteroatoms. The smallest absolute Gasteiger partial charge is 0.270 e. The van der Waals surface area contributed by atoms with Gasteiger partial charge in [0.25, 0.3) is 5.69 Å². The van der Waals surface area contributed by atoms with Gasteiger partial charge in [0.1, 0.15) is 0 Å². The van der Waals surface area contributed by atoms with Gasteiger partial charge in [0.2, 0.25) is 0 Å². The van der Waals surface area contributed by atoms with Crippen LogP contribution in [-0.2, 0) is 0 Å². The van der Waals surface area contributed by atoms with E-state index in [1.165, 1.54) is 12.1 Å². The van der Waals surface area contributed by atoms with Crippen LogP contribution >= 0.6 is 15.9 Å². The summed E-state index contributed by atoms with van der Waals surface area (Å²) in [7, 11) is 0. The molecular formula is C10H11BrN2O4. The van der Waals surface area contributed by atoms with Crippen LogP contribution in [0.5, 0.6) is 0 Å². The minimum atomic E-state index is -0.780. The summed E-state index contributed by atoms with van der Waals surface area (Å²) in [4.78, 5) is 11.9. The van der Waals surface area contributed by atoms with Gasteiger partial charge in [0, 0.05) is 29.7 Å². The Hall–Kier alpha value is -1.18. The first-order chi connectivity index (χ1) is 7.99. The largest absolute Gasteiger partial charge is 0.389 e. The molecule has 92 valence electrons. The SMILES string of the molecule is O=[N+]([O-])c1ccc(N2CC(O)C(O)C2)c(Br)c1. The Labute approximate surface area is 106 Å². The van der Waals surface area contributed by atoms with E-state index in [0.29, 0.717) is 17.6 Å². The number of rotatable bonds is 2. The molecule has 1 heterocycles. The highest BCUT2D eigenvalue weighted by Crippen LogP contribution is 2.32. The van der Waals surface area contributed by atoms with Crippen LogP contribution in [0.15, 0.2) is 22.7 Å². The summed E-state index contributed by atoms with van der Waals surface area (Å²) in [5, 5.41) is 29.5. The van der Waals surface area contributed by atoms with E-state index in [1.54, 1.807) is 11.0 Å². The van der Waals surface area contributed by atoms with E-state index >= 15 is 0 Å². The molecule has 2 unspecified atom stereocenters. The van der Waals surface area contributed by atoms with Gasteiger partial charge in [-0.2, -0.15) is 0 Å². The third-order valence-corrected chi connectivity index (χ3v) is 3.38. The normalized spacial score (nSPS) is 24.1. The predicted octanol–water partition coefficient (Wildman–Crippen LogP) is 0.899. The van der Waals surface area contributed by atoms with Crippen LogP contribution in [0.4, 0.5) is 11.4 Å². The molecule has 0 saturated carbocycles. The van der Waals surface area contributed by atoms with Crippen LogP contribution in [0.25, 0.3) is 0 Å². The van der Waals surface area contributed by atoms with Crippen molar-refractivity contribution in [2.45, 2.75) is 12.2 Å². The Balaban J connectivity index is 2.26. The number of nitro groups is 1. The molecule has 6 nitrogen and oxygen atoms in total. The van der Waals surface area contributed by atoms with E-state index in [0.717, 1.165) is 5.69 Å². The standard InChI is InChI=1S/C10H11BrN2O4/c11-7-3-6(13(16)17)1-2-8(7)12-4-9(14)10(15)5-12/h1-3,9-10,14-15H,4-5H2. The lowest BCUT2D eigenvalue weighted by Crippen LogP contribution is -2.22. The molecule has 1 aliphatic heterocycles. The second-order valence-electron chi connectivity index (χ2n) is 3.93. The number of aliphatic hydroxyl groups is 2. The number of benzene rings is 1. The molecule has 1 saturated heterocycles. The molecule has 17 heavy (non-hydrogen) atoms. The Morgan fingerprint density at radius 2 is 1.94 bits per heavy atom. The number of anilines is 1. The van der Waals surface area contributed by atoms with Gasteiger partial charge in [-0.1, -0.05) is 0 Å². The zero-order chi connectivity index (χ0) is 12.6. The zero-order valence-corrected chi connectivity index (χ0v) is 10.4. The highest BCUT2D eigenvalue weighted by atomic mass is 79.9. The number of nitro benzene ring substituents is 1. The molecular weight excluding hydrogens is 292 g/mol.